The number of hydrogen-bond acceptors (Lipinski definition) is 4. The van der Waals surface area contributed by atoms with E-state index in [1.165, 1.54) is 17.2 Å². The molecule has 202 valence electrons. The monoisotopic (exact) mass is 598 g/mol. The predicted molar refractivity (Wildman–Crippen MR) is 159 cm³/mol. The van der Waals surface area contributed by atoms with Gasteiger partial charge >= 0.3 is 217 Å². The third kappa shape index (κ3) is 5.31. The van der Waals surface area contributed by atoms with Gasteiger partial charge in [-0.15, -0.1) is 0 Å². The van der Waals surface area contributed by atoms with E-state index in [4.69, 9.17) is 4.74 Å². The second-order valence-electron chi connectivity index (χ2n) is 10.0. The van der Waals surface area contributed by atoms with Crippen molar-refractivity contribution in [2.75, 3.05) is 6.61 Å². The van der Waals surface area contributed by atoms with Gasteiger partial charge in [0, 0.05) is 0 Å². The molecule has 6 nitrogen and oxygen atoms in total. The fraction of sp³-hybridized carbons (Fsp3) is 0.182. The van der Waals surface area contributed by atoms with Gasteiger partial charge in [0.05, 0.1) is 0 Å². The summed E-state index contributed by atoms with van der Waals surface area (Å²) in [6.07, 6.45) is 0.870. The second-order valence-corrected chi connectivity index (χ2v) is 12.0. The molecule has 0 radical (unpaired) electrons. The fourth-order valence-corrected chi connectivity index (χ4v) is 7.89. The zero-order valence-electron chi connectivity index (χ0n) is 22.7. The Morgan fingerprint density at radius 2 is 1.45 bits per heavy atom. The van der Waals surface area contributed by atoms with Crippen LogP contribution in [-0.2, 0) is 10.3 Å². The van der Waals surface area contributed by atoms with Crippen LogP contribution in [0.15, 0.2) is 103 Å². The molecular weight excluding hydrogens is 567 g/mol. The van der Waals surface area contributed by atoms with Crippen molar-refractivity contribution in [2.45, 2.75) is 32.7 Å². The molecule has 1 aliphatic heterocycles. The molecule has 7 heteroatoms. The van der Waals surface area contributed by atoms with Gasteiger partial charge in [-0.05, 0) is 0 Å². The van der Waals surface area contributed by atoms with Gasteiger partial charge in [-0.2, -0.15) is 0 Å². The van der Waals surface area contributed by atoms with Gasteiger partial charge < -0.3 is 0 Å². The number of fused-ring (bicyclic) bond motifs is 1. The summed E-state index contributed by atoms with van der Waals surface area (Å²) in [6.45, 7) is 5.87. The molecule has 1 aliphatic rings. The number of nitrogens with zero attached hydrogens (tertiary/aromatic N) is 2. The summed E-state index contributed by atoms with van der Waals surface area (Å²) in [5, 5.41) is 11.6. The van der Waals surface area contributed by atoms with Crippen LogP contribution < -0.4 is 9.20 Å². The van der Waals surface area contributed by atoms with Crippen molar-refractivity contribution in [1.29, 1.82) is 0 Å². The van der Waals surface area contributed by atoms with Gasteiger partial charge in [0.15, 0.2) is 0 Å². The Balaban J connectivity index is 1.37. The van der Waals surface area contributed by atoms with E-state index in [1.54, 1.807) is 9.98 Å². The van der Waals surface area contributed by atoms with Gasteiger partial charge in [0.1, 0.15) is 0 Å². The first-order chi connectivity index (χ1) is 19.3. The Kier molecular flexibility index (Phi) is 7.87. The molecule has 0 saturated carbocycles. The number of carbonyl (C=O) groups excluding carboxylic acids is 1. The van der Waals surface area contributed by atoms with Crippen molar-refractivity contribution in [3.63, 3.8) is 0 Å². The number of hydrogen-bond donors (Lipinski definition) is 0. The minimum Gasteiger partial charge on any atom is -0.0622 e. The van der Waals surface area contributed by atoms with Gasteiger partial charge in [-0.1, -0.05) is 24.3 Å². The molecule has 1 amide bonds. The number of rotatable bonds is 8. The van der Waals surface area contributed by atoms with E-state index in [0.29, 0.717) is 10.2 Å². The van der Waals surface area contributed by atoms with Crippen molar-refractivity contribution in [3.05, 3.63) is 135 Å². The molecule has 0 aliphatic carbocycles. The summed E-state index contributed by atoms with van der Waals surface area (Å²) >= 11 is -0.504. The van der Waals surface area contributed by atoms with Crippen molar-refractivity contribution in [3.8, 4) is 5.75 Å². The quantitative estimate of drug-likeness (QED) is 0.103. The standard InChI is InChI=1S/C33H30N2O4Se/c1-4-27(23-12-7-5-8-13-23)31(24-14-9-6-10-15-24)25-18-20-26(21-19-25)39-22-30(36)34-33(2,3)28-16-11-17-29(35(37)38)32(28)40-34/h5-21H,4,22H2,1-3H3. The normalized spacial score (nSPS) is 14.3. The van der Waals surface area contributed by atoms with E-state index in [1.807, 2.05) is 68.4 Å². The molecule has 40 heavy (non-hydrogen) atoms. The maximum atomic E-state index is 13.3. The number of nitro groups is 1. The van der Waals surface area contributed by atoms with Crippen LogP contribution >= 0.6 is 0 Å². The van der Waals surface area contributed by atoms with Crippen molar-refractivity contribution in [1.82, 2.24) is 3.92 Å². The fourth-order valence-electron chi connectivity index (χ4n) is 5.13. The summed E-state index contributed by atoms with van der Waals surface area (Å²) < 4.78 is 8.30. The molecule has 4 aromatic carbocycles. The third-order valence-corrected chi connectivity index (χ3v) is 10.2. The Morgan fingerprint density at radius 3 is 2.05 bits per heavy atom. The molecule has 5 rings (SSSR count). The molecule has 1 heterocycles. The van der Waals surface area contributed by atoms with Crippen LogP contribution in [-0.4, -0.2) is 36.5 Å². The number of amides is 1. The van der Waals surface area contributed by atoms with Gasteiger partial charge in [0.2, 0.25) is 0 Å². The van der Waals surface area contributed by atoms with E-state index in [0.717, 1.165) is 28.7 Å². The Labute approximate surface area is 240 Å². The van der Waals surface area contributed by atoms with Gasteiger partial charge in [-0.3, -0.25) is 0 Å². The summed E-state index contributed by atoms with van der Waals surface area (Å²) in [4.78, 5) is 24.4. The first-order valence-corrected chi connectivity index (χ1v) is 14.8. The number of allylic oxidation sites excluding steroid dienone is 1. The van der Waals surface area contributed by atoms with Crippen LogP contribution in [0.5, 0.6) is 5.75 Å². The summed E-state index contributed by atoms with van der Waals surface area (Å²) in [5.74, 6) is 0.400. The van der Waals surface area contributed by atoms with E-state index < -0.39 is 20.7 Å². The first kappa shape index (κ1) is 27.4. The smallest absolute Gasteiger partial charge is 0.0622 e. The van der Waals surface area contributed by atoms with Gasteiger partial charge in [0.25, 0.3) is 0 Å². The van der Waals surface area contributed by atoms with E-state index >= 15 is 0 Å². The molecule has 0 saturated heterocycles. The summed E-state index contributed by atoms with van der Waals surface area (Å²) in [5.41, 5.74) is 6.06. The number of benzene rings is 4. The molecule has 4 aromatic rings. The SMILES string of the molecule is CCC(=C(c1ccccc1)c1ccc(OCC(=O)N2[Se]c3c([N+](=O)[O-])cccc3C2(C)C)cc1)c1ccccc1. The zero-order valence-corrected chi connectivity index (χ0v) is 24.4. The zero-order chi connectivity index (χ0) is 28.3. The molecule has 0 N–H and O–H groups in total. The van der Waals surface area contributed by atoms with Crippen LogP contribution in [0.2, 0.25) is 0 Å². The summed E-state index contributed by atoms with van der Waals surface area (Å²) in [6, 6.07) is 33.7. The Hall–Kier alpha value is -4.19. The number of nitro benzene ring substituents is 1. The average Bonchev–Trinajstić information content (AvgIpc) is 3.26. The first-order valence-electron chi connectivity index (χ1n) is 13.2. The molecular formula is C33H30N2O4Se. The number of ether oxygens (including phenoxy) is 1. The predicted octanol–water partition coefficient (Wildman–Crippen LogP) is 6.36. The minimum atomic E-state index is -0.644. The van der Waals surface area contributed by atoms with Crippen LogP contribution in [0.3, 0.4) is 0 Å². The van der Waals surface area contributed by atoms with E-state index in [-0.39, 0.29) is 23.1 Å². The summed E-state index contributed by atoms with van der Waals surface area (Å²) in [7, 11) is 0. The topological polar surface area (TPSA) is 72.7 Å². The minimum absolute atomic E-state index is 0.0709. The average molecular weight is 598 g/mol. The second kappa shape index (κ2) is 11.5. The van der Waals surface area contributed by atoms with E-state index in [2.05, 4.69) is 43.3 Å². The maximum absolute atomic E-state index is 13.3. The van der Waals surface area contributed by atoms with Gasteiger partial charge in [-0.25, -0.2) is 0 Å². The molecule has 0 spiro atoms. The van der Waals surface area contributed by atoms with Crippen molar-refractivity contribution < 1.29 is 14.5 Å². The molecule has 0 aromatic heterocycles. The molecule has 0 fully saturated rings. The molecule has 0 unspecified atom stereocenters. The number of carbonyl (C=O) groups is 1. The Bertz CT molecular complexity index is 1570. The van der Waals surface area contributed by atoms with Crippen molar-refractivity contribution in [2.24, 2.45) is 0 Å². The third-order valence-electron chi connectivity index (χ3n) is 7.11. The van der Waals surface area contributed by atoms with E-state index in [9.17, 15) is 14.9 Å². The van der Waals surface area contributed by atoms with Crippen molar-refractivity contribution >= 4 is 42.4 Å². The molecule has 0 bridgehead atoms. The van der Waals surface area contributed by atoms with Crippen LogP contribution in [0, 0.1) is 10.1 Å². The van der Waals surface area contributed by atoms with Crippen LogP contribution in [0.1, 0.15) is 49.4 Å². The molecule has 0 atom stereocenters. The van der Waals surface area contributed by atoms with Crippen LogP contribution in [0.25, 0.3) is 11.1 Å². The Morgan fingerprint density at radius 1 is 0.850 bits per heavy atom. The van der Waals surface area contributed by atoms with Crippen LogP contribution in [0.4, 0.5) is 5.69 Å².